The summed E-state index contributed by atoms with van der Waals surface area (Å²) in [6.45, 7) is 0. The third kappa shape index (κ3) is 26.0. The van der Waals surface area contributed by atoms with Gasteiger partial charge in [-0.05, 0) is 259 Å². The molecule has 0 saturated heterocycles. The molecular weight excluding hydrogens is 1970 g/mol. The van der Waals surface area contributed by atoms with E-state index in [0.717, 1.165) is 169 Å². The van der Waals surface area contributed by atoms with Crippen molar-refractivity contribution in [3.05, 3.63) is 252 Å². The van der Waals surface area contributed by atoms with Gasteiger partial charge in [-0.2, -0.15) is 4.98 Å². The number of hydrogen-bond donors (Lipinski definition) is 0. The molecule has 8 aromatic carbocycles. The molecule has 7 aromatic heterocycles. The number of sulfone groups is 5. The maximum absolute atomic E-state index is 11.8. The third-order valence-electron chi connectivity index (χ3n) is 23.4. The van der Waals surface area contributed by atoms with Crippen LogP contribution < -0.4 is 23.7 Å². The van der Waals surface area contributed by atoms with Gasteiger partial charge in [-0.15, -0.1) is 68.0 Å². The van der Waals surface area contributed by atoms with Gasteiger partial charge in [-0.1, -0.05) is 157 Å². The van der Waals surface area contributed by atoms with Crippen LogP contribution in [0.1, 0.15) is 128 Å². The SMILES string of the molecule is CS(=O)(=O)c1ccc(-c2sc(-c3ccc(Cl)cc3)nc2OC2CCCC2)cc1.CS(=O)(=O)c1ccc(-c2sc(-c3ccccc3)nc2OC2CCCC2)cc1.CS(=O)(=O)c1ccc(-c2sc(-c3ccccc3Cl)nc2OC2CCCC2)cc1.CS(=O)(=O)c1ccc(-c2sc(-c3ccccn3)nc2OC2CCCC2)cc1.CS(=O)(=O)c1ccc(-c2sc(-c3cccs3)nc2OC2CCCC2)cc1. The number of thiophene rings is 1. The highest BCUT2D eigenvalue weighted by Crippen LogP contribution is 2.49. The van der Waals surface area contributed by atoms with Crippen LogP contribution in [0.2, 0.25) is 10.0 Å². The zero-order chi connectivity index (χ0) is 95.3. The molecule has 0 bridgehead atoms. The quantitative estimate of drug-likeness (QED) is 0.0513. The second kappa shape index (κ2) is 44.5. The largest absolute Gasteiger partial charge is 0.473 e. The standard InChI is InChI=1S/2C21H20ClNO3S2.C21H21NO3S2.C20H20N2O3S2.C19H19NO3S3/c1-28(24,25)16-12-10-14(11-13-16)19-20(26-15-6-2-3-7-15)23-21(27-19)17-8-4-5-9-18(17)22;1-28(24,25)18-12-8-14(9-13-18)19-20(26-17-4-2-3-5-17)23-21(27-19)15-6-10-16(22)11-7-15;1-27(23,24)18-13-11-15(12-14-18)19-20(25-17-9-5-6-10-17)22-21(26-19)16-7-3-2-4-8-16;1-27(23,24)16-11-9-14(10-12-16)18-19(25-15-6-2-3-7-15)22-20(26-18)17-8-4-5-13-21-17;1-26(21,22)15-10-8-13(9-11-15)17-18(23-14-5-2-3-6-14)20-19(25-17)16-7-4-12-24-16/h4-5,8-13,15H,2-3,6-7H2,1H3;6-13,17H,2-5H2,1H3;2-4,7-8,11-14,17H,5-6,9-10H2,1H3;4-5,8-13,15H,2-3,6-7H2,1H3;4,7-12,14H,2-3,5-6H2,1H3. The molecule has 708 valence electrons. The average molecular weight is 2070 g/mol. The molecule has 21 nitrogen and oxygen atoms in total. The van der Waals surface area contributed by atoms with Crippen LogP contribution in [0.3, 0.4) is 0 Å². The molecule has 34 heteroatoms. The van der Waals surface area contributed by atoms with Crippen molar-refractivity contribution in [2.75, 3.05) is 31.3 Å². The molecule has 0 spiro atoms. The first kappa shape index (κ1) is 99.1. The Hall–Kier alpha value is -9.91. The number of pyridine rings is 1. The molecular formula is C102H100Cl2N6O15S11. The van der Waals surface area contributed by atoms with E-state index >= 15 is 0 Å². The fourth-order valence-corrected chi connectivity index (χ4v) is 25.6. The summed E-state index contributed by atoms with van der Waals surface area (Å²) in [6, 6.07) is 69.6. The molecule has 5 aliphatic rings. The number of benzene rings is 8. The number of halogens is 2. The highest BCUT2D eigenvalue weighted by atomic mass is 35.5. The van der Waals surface area contributed by atoms with Crippen molar-refractivity contribution < 1.29 is 65.8 Å². The van der Waals surface area contributed by atoms with Crippen LogP contribution in [0.25, 0.3) is 105 Å². The van der Waals surface area contributed by atoms with Gasteiger partial charge in [-0.3, -0.25) is 4.98 Å². The first-order chi connectivity index (χ1) is 65.3. The van der Waals surface area contributed by atoms with E-state index in [-0.39, 0.29) is 30.5 Å². The summed E-state index contributed by atoms with van der Waals surface area (Å²) in [5.41, 5.74) is 8.25. The lowest BCUT2D eigenvalue weighted by atomic mass is 10.2. The second-order valence-electron chi connectivity index (χ2n) is 33.9. The first-order valence-corrected chi connectivity index (χ1v) is 59.9. The Kier molecular flexibility index (Phi) is 32.4. The summed E-state index contributed by atoms with van der Waals surface area (Å²) >= 11 is 21.8. The molecule has 0 radical (unpaired) electrons. The van der Waals surface area contributed by atoms with Crippen LogP contribution >= 0.6 is 91.2 Å². The predicted octanol–water partition coefficient (Wildman–Crippen LogP) is 26.8. The topological polar surface area (TPSA) is 294 Å². The zero-order valence-electron chi connectivity index (χ0n) is 75.2. The van der Waals surface area contributed by atoms with Crippen molar-refractivity contribution in [2.45, 2.75) is 183 Å². The van der Waals surface area contributed by atoms with Gasteiger partial charge >= 0.3 is 0 Å². The summed E-state index contributed by atoms with van der Waals surface area (Å²) in [6.07, 6.45) is 31.1. The maximum atomic E-state index is 11.8. The maximum Gasteiger partial charge on any atom is 0.233 e. The van der Waals surface area contributed by atoms with Gasteiger partial charge in [0, 0.05) is 59.2 Å². The Bertz CT molecular complexity index is 7010. The Morgan fingerprint density at radius 3 is 0.853 bits per heavy atom. The number of aromatic nitrogens is 6. The summed E-state index contributed by atoms with van der Waals surface area (Å²) < 4.78 is 148. The summed E-state index contributed by atoms with van der Waals surface area (Å²) in [5.74, 6) is 3.14. The molecule has 7 heterocycles. The zero-order valence-corrected chi connectivity index (χ0v) is 85.7. The summed E-state index contributed by atoms with van der Waals surface area (Å²) in [5, 5.41) is 7.65. The number of nitrogens with zero attached hydrogens (tertiary/aromatic N) is 6. The van der Waals surface area contributed by atoms with Gasteiger partial charge in [0.15, 0.2) is 49.2 Å². The number of ether oxygens (including phenoxy) is 5. The average Bonchev–Trinajstić information content (AvgIpc) is 1.65. The Labute approximate surface area is 829 Å². The molecule has 20 rings (SSSR count). The molecule has 5 saturated carbocycles. The Balaban J connectivity index is 0.000000123. The van der Waals surface area contributed by atoms with Crippen molar-refractivity contribution in [1.29, 1.82) is 0 Å². The monoisotopic (exact) mass is 2070 g/mol. The van der Waals surface area contributed by atoms with E-state index in [4.69, 9.17) is 71.8 Å². The summed E-state index contributed by atoms with van der Waals surface area (Å²) in [7, 11) is -16.1. The lowest BCUT2D eigenvalue weighted by molar-refractivity contribution is 0.203. The van der Waals surface area contributed by atoms with Crippen LogP contribution in [0.15, 0.2) is 267 Å². The lowest BCUT2D eigenvalue weighted by Gasteiger charge is -2.12. The molecule has 5 aliphatic carbocycles. The minimum Gasteiger partial charge on any atom is -0.473 e. The number of rotatable bonds is 25. The number of hydrogen-bond acceptors (Lipinski definition) is 27. The summed E-state index contributed by atoms with van der Waals surface area (Å²) in [4.78, 5) is 35.4. The highest BCUT2D eigenvalue weighted by Gasteiger charge is 2.31. The minimum atomic E-state index is -3.23. The van der Waals surface area contributed by atoms with Gasteiger partial charge in [0.05, 0.1) is 64.5 Å². The third-order valence-corrected chi connectivity index (χ3v) is 36.3. The van der Waals surface area contributed by atoms with Gasteiger partial charge in [0.25, 0.3) is 0 Å². The van der Waals surface area contributed by atoms with Crippen molar-refractivity contribution in [3.63, 3.8) is 0 Å². The molecule has 136 heavy (non-hydrogen) atoms. The number of thiazole rings is 5. The van der Waals surface area contributed by atoms with E-state index in [0.29, 0.717) is 63.9 Å². The molecule has 0 aliphatic heterocycles. The van der Waals surface area contributed by atoms with Crippen LogP contribution in [0.5, 0.6) is 29.4 Å². The Morgan fingerprint density at radius 1 is 0.272 bits per heavy atom. The molecule has 0 N–H and O–H groups in total. The minimum absolute atomic E-state index is 0.176. The molecule has 0 amide bonds. The van der Waals surface area contributed by atoms with Gasteiger partial charge in [0.2, 0.25) is 29.4 Å². The Morgan fingerprint density at radius 2 is 0.544 bits per heavy atom. The van der Waals surface area contributed by atoms with Crippen LogP contribution in [-0.2, 0) is 49.2 Å². The smallest absolute Gasteiger partial charge is 0.233 e. The fourth-order valence-electron chi connectivity index (χ4n) is 16.2. The van der Waals surface area contributed by atoms with Crippen LogP contribution in [0.4, 0.5) is 0 Å². The molecule has 0 unspecified atom stereocenters. The van der Waals surface area contributed by atoms with E-state index in [9.17, 15) is 42.1 Å². The highest BCUT2D eigenvalue weighted by molar-refractivity contribution is 7.91. The van der Waals surface area contributed by atoms with Crippen molar-refractivity contribution >= 4 is 140 Å². The van der Waals surface area contributed by atoms with Crippen molar-refractivity contribution in [2.24, 2.45) is 0 Å². The molecule has 0 atom stereocenters. The van der Waals surface area contributed by atoms with E-state index in [1.54, 1.807) is 101 Å². The van der Waals surface area contributed by atoms with Crippen LogP contribution in [-0.4, -0.2) is 134 Å². The van der Waals surface area contributed by atoms with E-state index in [1.165, 1.54) is 129 Å². The normalized spacial score (nSPS) is 15.2. The van der Waals surface area contributed by atoms with E-state index in [2.05, 4.69) is 11.1 Å². The molecule has 5 fully saturated rings. The van der Waals surface area contributed by atoms with Gasteiger partial charge in [0.1, 0.15) is 55.6 Å². The van der Waals surface area contributed by atoms with Gasteiger partial charge in [-0.25, -0.2) is 62.0 Å². The van der Waals surface area contributed by atoms with E-state index in [1.807, 2.05) is 169 Å². The van der Waals surface area contributed by atoms with Crippen LogP contribution in [0, 0.1) is 0 Å². The van der Waals surface area contributed by atoms with Gasteiger partial charge < -0.3 is 23.7 Å². The second-order valence-corrected chi connectivity index (χ2v) is 50.8. The van der Waals surface area contributed by atoms with Crippen molar-refractivity contribution in [1.82, 2.24) is 29.9 Å². The van der Waals surface area contributed by atoms with Crippen molar-refractivity contribution in [3.8, 4) is 134 Å². The fraction of sp³-hybridized carbons (Fsp3) is 0.294. The first-order valence-electron chi connectivity index (χ1n) is 44.7. The lowest BCUT2D eigenvalue weighted by Crippen LogP contribution is -2.11. The predicted molar refractivity (Wildman–Crippen MR) is 551 cm³/mol. The molecule has 15 aromatic rings. The van der Waals surface area contributed by atoms with E-state index < -0.39 is 49.2 Å².